The molecule has 0 unspecified atom stereocenters. The molecule has 160 valence electrons. The molecule has 0 atom stereocenters. The van der Waals surface area contributed by atoms with Gasteiger partial charge in [0.15, 0.2) is 0 Å². The van der Waals surface area contributed by atoms with Crippen LogP contribution in [0.25, 0.3) is 0 Å². The molecule has 1 aromatic rings. The third-order valence-electron chi connectivity index (χ3n) is 4.96. The van der Waals surface area contributed by atoms with Crippen LogP contribution in [0.1, 0.15) is 96.8 Å². The standard InChI is InChI=1S/C20H38N6O2/c1-2-3-4-5-6-7-8-9-10-11-12-13-14-15-16-22-19-18(26(27)28)20(25-21)24-17-23-19/h17H,2-16,21H2,1H3,(H2,22,23,24,25). The Bertz CT molecular complexity index is 541. The lowest BCUT2D eigenvalue weighted by atomic mass is 10.0. The Hall–Kier alpha value is -1.96. The number of nitrogens with zero attached hydrogens (tertiary/aromatic N) is 3. The molecular weight excluding hydrogens is 356 g/mol. The van der Waals surface area contributed by atoms with Gasteiger partial charge >= 0.3 is 5.69 Å². The van der Waals surface area contributed by atoms with E-state index in [9.17, 15) is 10.1 Å². The van der Waals surface area contributed by atoms with Gasteiger partial charge in [-0.1, -0.05) is 90.4 Å². The fourth-order valence-electron chi connectivity index (χ4n) is 3.31. The van der Waals surface area contributed by atoms with Gasteiger partial charge in [0.2, 0.25) is 11.6 Å². The van der Waals surface area contributed by atoms with Gasteiger partial charge in [0, 0.05) is 6.54 Å². The van der Waals surface area contributed by atoms with E-state index in [0.29, 0.717) is 6.54 Å². The summed E-state index contributed by atoms with van der Waals surface area (Å²) in [4.78, 5) is 18.4. The number of nitrogen functional groups attached to an aromatic ring is 1. The van der Waals surface area contributed by atoms with Gasteiger partial charge in [-0.3, -0.25) is 10.1 Å². The first-order chi connectivity index (χ1) is 13.7. The van der Waals surface area contributed by atoms with Crippen molar-refractivity contribution in [1.29, 1.82) is 0 Å². The molecule has 1 rings (SSSR count). The van der Waals surface area contributed by atoms with Crippen molar-refractivity contribution >= 4 is 17.3 Å². The molecule has 0 aromatic carbocycles. The molecule has 0 aliphatic heterocycles. The number of anilines is 2. The van der Waals surface area contributed by atoms with Crippen molar-refractivity contribution in [2.75, 3.05) is 17.3 Å². The van der Waals surface area contributed by atoms with Gasteiger partial charge in [0.05, 0.1) is 4.92 Å². The van der Waals surface area contributed by atoms with Crippen LogP contribution in [0.3, 0.4) is 0 Å². The second-order valence-electron chi connectivity index (χ2n) is 7.34. The van der Waals surface area contributed by atoms with E-state index in [-0.39, 0.29) is 17.3 Å². The summed E-state index contributed by atoms with van der Waals surface area (Å²) in [6, 6.07) is 0. The predicted octanol–water partition coefficient (Wildman–Crippen LogP) is 5.56. The summed E-state index contributed by atoms with van der Waals surface area (Å²) in [5.74, 6) is 5.50. The van der Waals surface area contributed by atoms with Crippen LogP contribution in [0.15, 0.2) is 6.33 Å². The number of nitro groups is 1. The van der Waals surface area contributed by atoms with Crippen LogP contribution in [0.4, 0.5) is 17.3 Å². The Labute approximate surface area is 169 Å². The Kier molecular flexibility index (Phi) is 13.8. The van der Waals surface area contributed by atoms with Crippen molar-refractivity contribution in [2.45, 2.75) is 96.8 Å². The molecule has 1 heterocycles. The molecule has 0 aliphatic rings. The van der Waals surface area contributed by atoms with E-state index in [1.165, 1.54) is 83.4 Å². The number of nitrogens with two attached hydrogens (primary N) is 1. The molecular formula is C20H38N6O2. The molecule has 0 aliphatic carbocycles. The van der Waals surface area contributed by atoms with Gasteiger partial charge in [0.1, 0.15) is 6.33 Å². The van der Waals surface area contributed by atoms with Crippen molar-refractivity contribution in [3.63, 3.8) is 0 Å². The highest BCUT2D eigenvalue weighted by atomic mass is 16.6. The molecule has 1 aromatic heterocycles. The summed E-state index contributed by atoms with van der Waals surface area (Å²) in [6.07, 6.45) is 19.5. The number of rotatable bonds is 18. The summed E-state index contributed by atoms with van der Waals surface area (Å²) in [5, 5.41) is 14.2. The minimum Gasteiger partial charge on any atom is -0.364 e. The highest BCUT2D eigenvalue weighted by Crippen LogP contribution is 2.27. The zero-order valence-corrected chi connectivity index (χ0v) is 17.4. The third kappa shape index (κ3) is 10.4. The van der Waals surface area contributed by atoms with Crippen LogP contribution in [0, 0.1) is 10.1 Å². The molecule has 0 amide bonds. The van der Waals surface area contributed by atoms with Gasteiger partial charge in [-0.25, -0.2) is 15.8 Å². The van der Waals surface area contributed by atoms with E-state index in [2.05, 4.69) is 27.6 Å². The molecule has 8 nitrogen and oxygen atoms in total. The summed E-state index contributed by atoms with van der Waals surface area (Å²) in [5.41, 5.74) is 2.03. The molecule has 0 saturated heterocycles. The second kappa shape index (κ2) is 16.0. The van der Waals surface area contributed by atoms with E-state index in [4.69, 9.17) is 5.84 Å². The Morgan fingerprint density at radius 1 is 0.857 bits per heavy atom. The number of hydrogen-bond donors (Lipinski definition) is 3. The molecule has 0 bridgehead atoms. The minimum atomic E-state index is -0.525. The first-order valence-corrected chi connectivity index (χ1v) is 10.9. The Morgan fingerprint density at radius 2 is 1.32 bits per heavy atom. The van der Waals surface area contributed by atoms with E-state index >= 15 is 0 Å². The fourth-order valence-corrected chi connectivity index (χ4v) is 3.31. The average Bonchev–Trinajstić information content (AvgIpc) is 2.70. The van der Waals surface area contributed by atoms with Gasteiger partial charge in [-0.05, 0) is 6.42 Å². The smallest absolute Gasteiger partial charge is 0.354 e. The SMILES string of the molecule is CCCCCCCCCCCCCCCCNc1ncnc(NN)c1[N+](=O)[O-]. The second-order valence-corrected chi connectivity index (χ2v) is 7.34. The normalized spacial score (nSPS) is 10.8. The van der Waals surface area contributed by atoms with Gasteiger partial charge < -0.3 is 10.7 Å². The van der Waals surface area contributed by atoms with Gasteiger partial charge in [-0.15, -0.1) is 0 Å². The molecule has 0 fully saturated rings. The molecule has 28 heavy (non-hydrogen) atoms. The third-order valence-corrected chi connectivity index (χ3v) is 4.96. The summed E-state index contributed by atoms with van der Waals surface area (Å²) >= 11 is 0. The van der Waals surface area contributed by atoms with E-state index in [1.54, 1.807) is 0 Å². The first kappa shape index (κ1) is 24.1. The molecule has 0 spiro atoms. The van der Waals surface area contributed by atoms with Crippen LogP contribution in [0.2, 0.25) is 0 Å². The summed E-state index contributed by atoms with van der Waals surface area (Å²) in [6.45, 7) is 2.91. The van der Waals surface area contributed by atoms with E-state index in [0.717, 1.165) is 12.8 Å². The van der Waals surface area contributed by atoms with Gasteiger partial charge in [0.25, 0.3) is 0 Å². The largest absolute Gasteiger partial charge is 0.364 e. The maximum Gasteiger partial charge on any atom is 0.354 e. The predicted molar refractivity (Wildman–Crippen MR) is 115 cm³/mol. The van der Waals surface area contributed by atoms with Crippen LogP contribution in [0.5, 0.6) is 0 Å². The fraction of sp³-hybridized carbons (Fsp3) is 0.800. The quantitative estimate of drug-likeness (QED) is 0.129. The molecule has 4 N–H and O–H groups in total. The lowest BCUT2D eigenvalue weighted by molar-refractivity contribution is -0.383. The monoisotopic (exact) mass is 394 g/mol. The Balaban J connectivity index is 1.99. The maximum atomic E-state index is 11.2. The van der Waals surface area contributed by atoms with E-state index in [1.807, 2.05) is 0 Å². The van der Waals surface area contributed by atoms with Crippen molar-refractivity contribution in [3.8, 4) is 0 Å². The lowest BCUT2D eigenvalue weighted by Crippen LogP contribution is -2.14. The Morgan fingerprint density at radius 3 is 1.79 bits per heavy atom. The van der Waals surface area contributed by atoms with E-state index < -0.39 is 4.92 Å². The van der Waals surface area contributed by atoms with Crippen LogP contribution in [-0.4, -0.2) is 21.4 Å². The van der Waals surface area contributed by atoms with Crippen LogP contribution in [-0.2, 0) is 0 Å². The zero-order chi connectivity index (χ0) is 20.5. The summed E-state index contributed by atoms with van der Waals surface area (Å²) < 4.78 is 0. The van der Waals surface area contributed by atoms with Crippen LogP contribution < -0.4 is 16.6 Å². The molecule has 0 saturated carbocycles. The van der Waals surface area contributed by atoms with Crippen LogP contribution >= 0.6 is 0 Å². The van der Waals surface area contributed by atoms with Crippen molar-refractivity contribution in [1.82, 2.24) is 9.97 Å². The zero-order valence-electron chi connectivity index (χ0n) is 17.4. The molecule has 8 heteroatoms. The minimum absolute atomic E-state index is 0.0171. The maximum absolute atomic E-state index is 11.2. The lowest BCUT2D eigenvalue weighted by Gasteiger charge is -2.08. The number of aromatic nitrogens is 2. The van der Waals surface area contributed by atoms with Crippen molar-refractivity contribution in [2.24, 2.45) is 5.84 Å². The summed E-state index contributed by atoms with van der Waals surface area (Å²) in [7, 11) is 0. The topological polar surface area (TPSA) is 119 Å². The average molecular weight is 395 g/mol. The number of hydrazine groups is 1. The number of unbranched alkanes of at least 4 members (excludes halogenated alkanes) is 13. The first-order valence-electron chi connectivity index (χ1n) is 10.9. The molecule has 0 radical (unpaired) electrons. The highest BCUT2D eigenvalue weighted by molar-refractivity contribution is 5.68. The highest BCUT2D eigenvalue weighted by Gasteiger charge is 2.21. The van der Waals surface area contributed by atoms with Gasteiger partial charge in [-0.2, -0.15) is 0 Å². The van der Waals surface area contributed by atoms with Crippen molar-refractivity contribution in [3.05, 3.63) is 16.4 Å². The van der Waals surface area contributed by atoms with Crippen molar-refractivity contribution < 1.29 is 4.92 Å². The number of nitrogens with one attached hydrogen (secondary N) is 2. The number of hydrogen-bond acceptors (Lipinski definition) is 7.